The Balaban J connectivity index is 2.02. The van der Waals surface area contributed by atoms with E-state index >= 15 is 0 Å². The summed E-state index contributed by atoms with van der Waals surface area (Å²) < 4.78 is 13.6. The highest BCUT2D eigenvalue weighted by molar-refractivity contribution is 9.10. The average molecular weight is 342 g/mol. The molecule has 0 aliphatic carbocycles. The SMILES string of the molecule is CC(Cc1cccs1)NC(=O)c1cccc(F)c1Br. The molecule has 5 heteroatoms. The monoisotopic (exact) mass is 341 g/mol. The van der Waals surface area contributed by atoms with Crippen molar-refractivity contribution < 1.29 is 9.18 Å². The van der Waals surface area contributed by atoms with E-state index in [-0.39, 0.29) is 16.4 Å². The van der Waals surface area contributed by atoms with Crippen LogP contribution in [0.3, 0.4) is 0 Å². The Morgan fingerprint density at radius 1 is 1.42 bits per heavy atom. The third kappa shape index (κ3) is 3.64. The van der Waals surface area contributed by atoms with E-state index in [1.807, 2.05) is 24.4 Å². The molecule has 0 fully saturated rings. The second kappa shape index (κ2) is 6.30. The zero-order valence-corrected chi connectivity index (χ0v) is 12.7. The zero-order valence-electron chi connectivity index (χ0n) is 10.3. The molecular weight excluding hydrogens is 329 g/mol. The van der Waals surface area contributed by atoms with Crippen LogP contribution in [0.1, 0.15) is 22.2 Å². The lowest BCUT2D eigenvalue weighted by Gasteiger charge is -2.13. The molecule has 2 aromatic rings. The number of hydrogen-bond donors (Lipinski definition) is 1. The Labute approximate surface area is 123 Å². The molecule has 0 bridgehead atoms. The molecule has 1 amide bonds. The minimum atomic E-state index is -0.432. The number of carbonyl (C=O) groups excluding carboxylic acids is 1. The quantitative estimate of drug-likeness (QED) is 0.894. The normalized spacial score (nSPS) is 12.2. The van der Waals surface area contributed by atoms with Gasteiger partial charge in [-0.05, 0) is 46.4 Å². The molecule has 1 aromatic carbocycles. The first kappa shape index (κ1) is 14.2. The molecule has 2 nitrogen and oxygen atoms in total. The van der Waals surface area contributed by atoms with Crippen molar-refractivity contribution in [2.24, 2.45) is 0 Å². The smallest absolute Gasteiger partial charge is 0.252 e. The highest BCUT2D eigenvalue weighted by atomic mass is 79.9. The maximum atomic E-state index is 13.4. The van der Waals surface area contributed by atoms with Gasteiger partial charge < -0.3 is 5.32 Å². The van der Waals surface area contributed by atoms with Crippen LogP contribution < -0.4 is 5.32 Å². The van der Waals surface area contributed by atoms with Gasteiger partial charge in [-0.3, -0.25) is 4.79 Å². The maximum absolute atomic E-state index is 13.4. The van der Waals surface area contributed by atoms with Crippen molar-refractivity contribution in [2.45, 2.75) is 19.4 Å². The van der Waals surface area contributed by atoms with Crippen LogP contribution in [0.5, 0.6) is 0 Å². The first-order valence-electron chi connectivity index (χ1n) is 5.85. The van der Waals surface area contributed by atoms with Crippen molar-refractivity contribution in [1.82, 2.24) is 5.32 Å². The van der Waals surface area contributed by atoms with Gasteiger partial charge in [0.1, 0.15) is 5.82 Å². The fourth-order valence-corrected chi connectivity index (χ4v) is 3.04. The fourth-order valence-electron chi connectivity index (χ4n) is 1.76. The molecule has 0 radical (unpaired) electrons. The molecule has 100 valence electrons. The molecule has 0 saturated heterocycles. The summed E-state index contributed by atoms with van der Waals surface area (Å²) in [5.41, 5.74) is 0.318. The number of benzene rings is 1. The Hall–Kier alpha value is -1.20. The summed E-state index contributed by atoms with van der Waals surface area (Å²) in [6.07, 6.45) is 0.774. The molecule has 19 heavy (non-hydrogen) atoms. The van der Waals surface area contributed by atoms with E-state index < -0.39 is 5.82 Å². The zero-order chi connectivity index (χ0) is 13.8. The summed E-state index contributed by atoms with van der Waals surface area (Å²) in [5, 5.41) is 4.88. The van der Waals surface area contributed by atoms with E-state index in [0.29, 0.717) is 5.56 Å². The largest absolute Gasteiger partial charge is 0.349 e. The van der Waals surface area contributed by atoms with Crippen LogP contribution in [0.15, 0.2) is 40.2 Å². The third-order valence-corrected chi connectivity index (χ3v) is 4.37. The lowest BCUT2D eigenvalue weighted by Crippen LogP contribution is -2.34. The Morgan fingerprint density at radius 3 is 2.89 bits per heavy atom. The van der Waals surface area contributed by atoms with E-state index in [9.17, 15) is 9.18 Å². The summed E-state index contributed by atoms with van der Waals surface area (Å²) >= 11 is 4.76. The summed E-state index contributed by atoms with van der Waals surface area (Å²) in [4.78, 5) is 13.3. The van der Waals surface area contributed by atoms with Gasteiger partial charge in [-0.25, -0.2) is 4.39 Å². The van der Waals surface area contributed by atoms with Gasteiger partial charge in [0.05, 0.1) is 10.0 Å². The average Bonchev–Trinajstić information content (AvgIpc) is 2.85. The molecular formula is C14H13BrFNOS. The molecule has 2 rings (SSSR count). The molecule has 0 aliphatic rings. The number of nitrogens with one attached hydrogen (secondary N) is 1. The molecule has 0 saturated carbocycles. The van der Waals surface area contributed by atoms with Gasteiger partial charge in [0, 0.05) is 17.3 Å². The van der Waals surface area contributed by atoms with E-state index in [0.717, 1.165) is 6.42 Å². The number of halogens is 2. The van der Waals surface area contributed by atoms with E-state index in [1.54, 1.807) is 17.4 Å². The van der Waals surface area contributed by atoms with Crippen LogP contribution in [-0.2, 0) is 6.42 Å². The number of rotatable bonds is 4. The van der Waals surface area contributed by atoms with Crippen LogP contribution >= 0.6 is 27.3 Å². The summed E-state index contributed by atoms with van der Waals surface area (Å²) in [7, 11) is 0. The van der Waals surface area contributed by atoms with Gasteiger partial charge in [-0.15, -0.1) is 11.3 Å². The molecule has 1 unspecified atom stereocenters. The molecule has 0 spiro atoms. The van der Waals surface area contributed by atoms with Crippen LogP contribution in [0.4, 0.5) is 4.39 Å². The molecule has 0 aliphatic heterocycles. The first-order valence-corrected chi connectivity index (χ1v) is 7.52. The minimum absolute atomic E-state index is 0.00122. The van der Waals surface area contributed by atoms with Gasteiger partial charge >= 0.3 is 0 Å². The topological polar surface area (TPSA) is 29.1 Å². The van der Waals surface area contributed by atoms with E-state index in [2.05, 4.69) is 21.2 Å². The van der Waals surface area contributed by atoms with E-state index in [1.165, 1.54) is 17.0 Å². The number of hydrogen-bond acceptors (Lipinski definition) is 2. The Morgan fingerprint density at radius 2 is 2.21 bits per heavy atom. The summed E-state index contributed by atoms with van der Waals surface area (Å²) in [6.45, 7) is 1.94. The summed E-state index contributed by atoms with van der Waals surface area (Å²) in [6, 6.07) is 8.46. The summed E-state index contributed by atoms with van der Waals surface area (Å²) in [5.74, 6) is -0.700. The first-order chi connectivity index (χ1) is 9.08. The van der Waals surface area contributed by atoms with Crippen molar-refractivity contribution >= 4 is 33.2 Å². The standard InChI is InChI=1S/C14H13BrFNOS/c1-9(8-10-4-3-7-19-10)17-14(18)11-5-2-6-12(16)13(11)15/h2-7,9H,8H2,1H3,(H,17,18). The highest BCUT2D eigenvalue weighted by Crippen LogP contribution is 2.20. The maximum Gasteiger partial charge on any atom is 0.252 e. The van der Waals surface area contributed by atoms with Gasteiger partial charge in [-0.1, -0.05) is 12.1 Å². The van der Waals surface area contributed by atoms with Crippen LogP contribution in [0.2, 0.25) is 0 Å². The number of carbonyl (C=O) groups is 1. The lowest BCUT2D eigenvalue weighted by molar-refractivity contribution is 0.0939. The van der Waals surface area contributed by atoms with Crippen molar-refractivity contribution in [1.29, 1.82) is 0 Å². The lowest BCUT2D eigenvalue weighted by atomic mass is 10.1. The predicted octanol–water partition coefficient (Wildman–Crippen LogP) is 4.01. The van der Waals surface area contributed by atoms with Gasteiger partial charge in [0.2, 0.25) is 0 Å². The third-order valence-electron chi connectivity index (χ3n) is 2.66. The van der Waals surface area contributed by atoms with Crippen LogP contribution in [0.25, 0.3) is 0 Å². The second-order valence-electron chi connectivity index (χ2n) is 4.26. The van der Waals surface area contributed by atoms with Gasteiger partial charge in [0.25, 0.3) is 5.91 Å². The molecule has 1 N–H and O–H groups in total. The van der Waals surface area contributed by atoms with Crippen LogP contribution in [0, 0.1) is 5.82 Å². The highest BCUT2D eigenvalue weighted by Gasteiger charge is 2.15. The van der Waals surface area contributed by atoms with Crippen molar-refractivity contribution in [3.63, 3.8) is 0 Å². The predicted molar refractivity (Wildman–Crippen MR) is 79.1 cm³/mol. The molecule has 1 heterocycles. The fraction of sp³-hybridized carbons (Fsp3) is 0.214. The van der Waals surface area contributed by atoms with Crippen molar-refractivity contribution in [3.8, 4) is 0 Å². The van der Waals surface area contributed by atoms with Gasteiger partial charge in [-0.2, -0.15) is 0 Å². The van der Waals surface area contributed by atoms with Crippen molar-refractivity contribution in [2.75, 3.05) is 0 Å². The molecule has 1 atom stereocenters. The minimum Gasteiger partial charge on any atom is -0.349 e. The Kier molecular flexibility index (Phi) is 4.71. The van der Waals surface area contributed by atoms with E-state index in [4.69, 9.17) is 0 Å². The van der Waals surface area contributed by atoms with Gasteiger partial charge in [0.15, 0.2) is 0 Å². The number of thiophene rings is 1. The van der Waals surface area contributed by atoms with Crippen LogP contribution in [-0.4, -0.2) is 11.9 Å². The number of amides is 1. The molecule has 1 aromatic heterocycles. The second-order valence-corrected chi connectivity index (χ2v) is 6.08. The Bertz CT molecular complexity index is 571. The van der Waals surface area contributed by atoms with Crippen molar-refractivity contribution in [3.05, 3.63) is 56.4 Å².